The van der Waals surface area contributed by atoms with Crippen molar-refractivity contribution in [2.24, 2.45) is 23.7 Å². The molecular formula is C19H29NO4. The van der Waals surface area contributed by atoms with E-state index in [1.165, 1.54) is 0 Å². The van der Waals surface area contributed by atoms with Gasteiger partial charge >= 0.3 is 5.97 Å². The van der Waals surface area contributed by atoms with Gasteiger partial charge in [-0.15, -0.1) is 0 Å². The molecule has 2 atom stereocenters. The number of hydrogen-bond acceptors (Lipinski definition) is 4. The number of rotatable bonds is 4. The van der Waals surface area contributed by atoms with Crippen molar-refractivity contribution in [3.63, 3.8) is 0 Å². The van der Waals surface area contributed by atoms with Crippen LogP contribution in [0.3, 0.4) is 0 Å². The second-order valence-electron chi connectivity index (χ2n) is 8.03. The number of nitrogens with one attached hydrogen (secondary N) is 1. The van der Waals surface area contributed by atoms with Gasteiger partial charge in [-0.3, -0.25) is 14.4 Å². The molecule has 3 rings (SSSR count). The molecule has 0 aromatic carbocycles. The predicted molar refractivity (Wildman–Crippen MR) is 89.1 cm³/mol. The Morgan fingerprint density at radius 3 is 2.29 bits per heavy atom. The summed E-state index contributed by atoms with van der Waals surface area (Å²) in [6, 6.07) is 0.221. The van der Waals surface area contributed by atoms with Crippen LogP contribution in [0, 0.1) is 23.7 Å². The highest BCUT2D eigenvalue weighted by Crippen LogP contribution is 2.40. The van der Waals surface area contributed by atoms with Crippen LogP contribution in [0.2, 0.25) is 0 Å². The van der Waals surface area contributed by atoms with E-state index in [9.17, 15) is 14.4 Å². The number of carbonyl (C=O) groups excluding carboxylic acids is 3. The lowest BCUT2D eigenvalue weighted by Crippen LogP contribution is -2.42. The molecule has 134 valence electrons. The van der Waals surface area contributed by atoms with Crippen LogP contribution in [-0.4, -0.2) is 30.3 Å². The zero-order valence-corrected chi connectivity index (χ0v) is 14.6. The summed E-state index contributed by atoms with van der Waals surface area (Å²) in [5.41, 5.74) is 0. The largest absolute Gasteiger partial charge is 0.455 e. The molecule has 5 heteroatoms. The fraction of sp³-hybridized carbons (Fsp3) is 0.842. The van der Waals surface area contributed by atoms with E-state index in [-0.39, 0.29) is 42.3 Å². The van der Waals surface area contributed by atoms with E-state index in [1.54, 1.807) is 0 Å². The first-order chi connectivity index (χ1) is 11.5. The third-order valence-corrected chi connectivity index (χ3v) is 6.11. The normalized spacial score (nSPS) is 36.0. The molecule has 1 N–H and O–H groups in total. The maximum atomic E-state index is 12.3. The van der Waals surface area contributed by atoms with E-state index in [4.69, 9.17) is 4.74 Å². The highest BCUT2D eigenvalue weighted by atomic mass is 16.5. The summed E-state index contributed by atoms with van der Waals surface area (Å²) >= 11 is 0. The second-order valence-corrected chi connectivity index (χ2v) is 8.03. The van der Waals surface area contributed by atoms with Gasteiger partial charge in [0, 0.05) is 17.9 Å². The molecule has 3 saturated carbocycles. The van der Waals surface area contributed by atoms with E-state index < -0.39 is 0 Å². The van der Waals surface area contributed by atoms with E-state index >= 15 is 0 Å². The maximum absolute atomic E-state index is 12.3. The molecule has 3 aliphatic carbocycles. The lowest BCUT2D eigenvalue weighted by atomic mass is 9.67. The lowest BCUT2D eigenvalue weighted by molar-refractivity contribution is -0.156. The smallest absolute Gasteiger partial charge is 0.309 e. The van der Waals surface area contributed by atoms with Crippen LogP contribution in [0.5, 0.6) is 0 Å². The summed E-state index contributed by atoms with van der Waals surface area (Å²) in [5, 5.41) is 2.97. The van der Waals surface area contributed by atoms with Crippen LogP contribution in [0.4, 0.5) is 0 Å². The van der Waals surface area contributed by atoms with Crippen molar-refractivity contribution in [3.8, 4) is 0 Å². The lowest BCUT2D eigenvalue weighted by Gasteiger charge is -2.36. The standard InChI is InChI=1S/C19H29NO4/c1-12-5-7-16(8-6-12)20-17(21)11-24-19(23)15-9-13-3-2-4-14(10-15)18(13)22/h12-16H,2-11H2,1H3,(H,20,21)/t12?,13-,14-,16?/m0/s1. The third kappa shape index (κ3) is 4.17. The molecule has 2 bridgehead atoms. The molecule has 3 aliphatic rings. The van der Waals surface area contributed by atoms with Gasteiger partial charge in [0.1, 0.15) is 5.78 Å². The molecule has 1 amide bonds. The number of amides is 1. The zero-order chi connectivity index (χ0) is 17.1. The van der Waals surface area contributed by atoms with Gasteiger partial charge < -0.3 is 10.1 Å². The minimum atomic E-state index is -0.299. The van der Waals surface area contributed by atoms with Gasteiger partial charge in [0.15, 0.2) is 6.61 Å². The summed E-state index contributed by atoms with van der Waals surface area (Å²) in [5.74, 6) is 0.448. The Kier molecular flexibility index (Phi) is 5.57. The van der Waals surface area contributed by atoms with Crippen LogP contribution < -0.4 is 5.32 Å². The second kappa shape index (κ2) is 7.66. The summed E-state index contributed by atoms with van der Waals surface area (Å²) < 4.78 is 5.24. The van der Waals surface area contributed by atoms with Crippen molar-refractivity contribution in [1.29, 1.82) is 0 Å². The van der Waals surface area contributed by atoms with Crippen LogP contribution in [0.1, 0.15) is 64.7 Å². The van der Waals surface area contributed by atoms with Gasteiger partial charge in [0.2, 0.25) is 0 Å². The van der Waals surface area contributed by atoms with E-state index in [1.807, 2.05) is 0 Å². The Morgan fingerprint density at radius 1 is 1.04 bits per heavy atom. The highest BCUT2D eigenvalue weighted by Gasteiger charge is 2.41. The first kappa shape index (κ1) is 17.4. The summed E-state index contributed by atoms with van der Waals surface area (Å²) in [4.78, 5) is 36.3. The van der Waals surface area contributed by atoms with Gasteiger partial charge in [-0.1, -0.05) is 13.3 Å². The minimum Gasteiger partial charge on any atom is -0.455 e. The molecule has 24 heavy (non-hydrogen) atoms. The fourth-order valence-corrected chi connectivity index (χ4v) is 4.60. The van der Waals surface area contributed by atoms with Gasteiger partial charge in [0.25, 0.3) is 5.91 Å². The first-order valence-corrected chi connectivity index (χ1v) is 9.52. The molecule has 0 aromatic rings. The van der Waals surface area contributed by atoms with Gasteiger partial charge in [-0.05, 0) is 57.3 Å². The average molecular weight is 335 g/mol. The van der Waals surface area contributed by atoms with Gasteiger partial charge in [-0.25, -0.2) is 0 Å². The van der Waals surface area contributed by atoms with E-state index in [2.05, 4.69) is 12.2 Å². The van der Waals surface area contributed by atoms with Crippen LogP contribution in [0.15, 0.2) is 0 Å². The molecule has 0 saturated heterocycles. The molecule has 0 spiro atoms. The first-order valence-electron chi connectivity index (χ1n) is 9.52. The van der Waals surface area contributed by atoms with Crippen LogP contribution >= 0.6 is 0 Å². The number of carbonyl (C=O) groups is 3. The molecule has 3 fully saturated rings. The highest BCUT2D eigenvalue weighted by molar-refractivity contribution is 5.88. The predicted octanol–water partition coefficient (Wildman–Crippen LogP) is 2.62. The quantitative estimate of drug-likeness (QED) is 0.802. The number of ether oxygens (including phenoxy) is 1. The zero-order valence-electron chi connectivity index (χ0n) is 14.6. The molecule has 0 aliphatic heterocycles. The molecular weight excluding hydrogens is 306 g/mol. The van der Waals surface area contributed by atoms with E-state index in [0.717, 1.165) is 50.9 Å². The Bertz CT molecular complexity index is 480. The van der Waals surface area contributed by atoms with Crippen molar-refractivity contribution >= 4 is 17.7 Å². The number of fused-ring (bicyclic) bond motifs is 2. The number of Topliss-reactive ketones (excluding diaryl/α,β-unsaturated/α-hetero) is 1. The van der Waals surface area contributed by atoms with E-state index in [0.29, 0.717) is 18.6 Å². The van der Waals surface area contributed by atoms with Crippen LogP contribution in [-0.2, 0) is 19.1 Å². The van der Waals surface area contributed by atoms with Gasteiger partial charge in [-0.2, -0.15) is 0 Å². The fourth-order valence-electron chi connectivity index (χ4n) is 4.60. The Labute approximate surface area is 143 Å². The maximum Gasteiger partial charge on any atom is 0.309 e. The van der Waals surface area contributed by atoms with Crippen molar-refractivity contribution in [1.82, 2.24) is 5.32 Å². The average Bonchev–Trinajstić information content (AvgIpc) is 2.54. The molecule has 0 heterocycles. The molecule has 0 unspecified atom stereocenters. The van der Waals surface area contributed by atoms with Crippen molar-refractivity contribution in [2.45, 2.75) is 70.8 Å². The Morgan fingerprint density at radius 2 is 1.67 bits per heavy atom. The van der Waals surface area contributed by atoms with Crippen molar-refractivity contribution < 1.29 is 19.1 Å². The Balaban J connectivity index is 1.40. The third-order valence-electron chi connectivity index (χ3n) is 6.11. The number of esters is 1. The monoisotopic (exact) mass is 335 g/mol. The molecule has 0 radical (unpaired) electrons. The number of hydrogen-bond donors (Lipinski definition) is 1. The minimum absolute atomic E-state index is 0.0353. The molecule has 0 aromatic heterocycles. The summed E-state index contributed by atoms with van der Waals surface area (Å²) in [6.45, 7) is 2.05. The summed E-state index contributed by atoms with van der Waals surface area (Å²) in [6.07, 6.45) is 8.41. The Hall–Kier alpha value is -1.39. The van der Waals surface area contributed by atoms with Crippen LogP contribution in [0.25, 0.3) is 0 Å². The SMILES string of the molecule is CC1CCC(NC(=O)COC(=O)C2C[C@@H]3CCC[C@@H](C2)C3=O)CC1. The number of ketones is 1. The summed E-state index contributed by atoms with van der Waals surface area (Å²) in [7, 11) is 0. The molecule has 5 nitrogen and oxygen atoms in total. The van der Waals surface area contributed by atoms with Gasteiger partial charge in [0.05, 0.1) is 5.92 Å². The van der Waals surface area contributed by atoms with Crippen molar-refractivity contribution in [3.05, 3.63) is 0 Å². The topological polar surface area (TPSA) is 72.5 Å². The van der Waals surface area contributed by atoms with Crippen molar-refractivity contribution in [2.75, 3.05) is 6.61 Å².